The van der Waals surface area contributed by atoms with Crippen molar-refractivity contribution in [1.82, 2.24) is 20.2 Å². The second kappa shape index (κ2) is 4.58. The number of urea groups is 1. The molecular formula is C9H7BrF3N5O2. The molecule has 1 aromatic heterocycles. The summed E-state index contributed by atoms with van der Waals surface area (Å²) in [6, 6.07) is -1.17. The van der Waals surface area contributed by atoms with E-state index in [1.54, 1.807) is 5.32 Å². The number of imide groups is 1. The predicted octanol–water partition coefficient (Wildman–Crippen LogP) is 1.09. The number of halogens is 4. The van der Waals surface area contributed by atoms with Crippen molar-refractivity contribution in [2.24, 2.45) is 0 Å². The number of nitrogens with one attached hydrogen (secondary N) is 2. The average molecular weight is 354 g/mol. The molecule has 1 fully saturated rings. The van der Waals surface area contributed by atoms with Crippen LogP contribution < -0.4 is 10.6 Å². The van der Waals surface area contributed by atoms with Crippen molar-refractivity contribution in [2.45, 2.75) is 11.8 Å². The second-order valence-corrected chi connectivity index (χ2v) is 4.81. The zero-order chi connectivity index (χ0) is 15.1. The Kier molecular flexibility index (Phi) is 3.32. The Morgan fingerprint density at radius 3 is 2.30 bits per heavy atom. The van der Waals surface area contributed by atoms with Crippen LogP contribution in [0, 0.1) is 0 Å². The SMILES string of the molecule is CN1C(=O)N[C@](Nc2ncc(Br)cn2)(C(F)(F)F)C1=O. The maximum Gasteiger partial charge on any atom is 0.440 e. The summed E-state index contributed by atoms with van der Waals surface area (Å²) in [5.74, 6) is -1.93. The molecule has 2 heterocycles. The summed E-state index contributed by atoms with van der Waals surface area (Å²) >= 11 is 3.02. The van der Waals surface area contributed by atoms with Crippen LogP contribution in [0.1, 0.15) is 0 Å². The first-order valence-corrected chi connectivity index (χ1v) is 5.89. The van der Waals surface area contributed by atoms with Crippen molar-refractivity contribution in [1.29, 1.82) is 0 Å². The molecule has 20 heavy (non-hydrogen) atoms. The quantitative estimate of drug-likeness (QED) is 0.777. The van der Waals surface area contributed by atoms with E-state index in [0.29, 0.717) is 9.37 Å². The van der Waals surface area contributed by atoms with Gasteiger partial charge in [0.25, 0.3) is 11.6 Å². The maximum atomic E-state index is 13.2. The number of likely N-dealkylation sites (N-methyl/N-ethyl adjacent to an activating group) is 1. The third-order valence-electron chi connectivity index (χ3n) is 2.57. The van der Waals surface area contributed by atoms with Gasteiger partial charge in [0.1, 0.15) is 0 Å². The molecule has 1 aliphatic rings. The van der Waals surface area contributed by atoms with Crippen LogP contribution in [-0.2, 0) is 4.79 Å². The normalized spacial score (nSPS) is 22.9. The number of alkyl halides is 3. The molecule has 0 unspecified atom stereocenters. The van der Waals surface area contributed by atoms with Gasteiger partial charge < -0.3 is 5.32 Å². The monoisotopic (exact) mass is 353 g/mol. The van der Waals surface area contributed by atoms with Gasteiger partial charge in [-0.05, 0) is 15.9 Å². The fourth-order valence-electron chi connectivity index (χ4n) is 1.53. The first-order valence-electron chi connectivity index (χ1n) is 5.10. The molecular weight excluding hydrogens is 347 g/mol. The van der Waals surface area contributed by atoms with Crippen LogP contribution >= 0.6 is 15.9 Å². The first-order chi connectivity index (χ1) is 9.17. The first kappa shape index (κ1) is 14.5. The molecule has 0 bridgehead atoms. The molecule has 0 aliphatic carbocycles. The highest BCUT2D eigenvalue weighted by atomic mass is 79.9. The highest BCUT2D eigenvalue weighted by molar-refractivity contribution is 9.10. The fraction of sp³-hybridized carbons (Fsp3) is 0.333. The Hall–Kier alpha value is -1.91. The molecule has 0 radical (unpaired) electrons. The van der Waals surface area contributed by atoms with Crippen LogP contribution in [0.2, 0.25) is 0 Å². The number of anilines is 1. The number of hydrogen-bond donors (Lipinski definition) is 2. The van der Waals surface area contributed by atoms with E-state index in [9.17, 15) is 22.8 Å². The topological polar surface area (TPSA) is 87.2 Å². The number of hydrogen-bond acceptors (Lipinski definition) is 5. The summed E-state index contributed by atoms with van der Waals surface area (Å²) in [4.78, 5) is 30.6. The van der Waals surface area contributed by atoms with Gasteiger partial charge in [-0.2, -0.15) is 13.2 Å². The van der Waals surface area contributed by atoms with Crippen LogP contribution in [0.25, 0.3) is 0 Å². The molecule has 2 rings (SSSR count). The molecule has 0 spiro atoms. The maximum absolute atomic E-state index is 13.2. The minimum atomic E-state index is -5.07. The lowest BCUT2D eigenvalue weighted by atomic mass is 10.1. The Bertz CT molecular complexity index is 564. The Morgan fingerprint density at radius 1 is 1.35 bits per heavy atom. The van der Waals surface area contributed by atoms with Gasteiger partial charge in [0, 0.05) is 19.4 Å². The number of carbonyl (C=O) groups excluding carboxylic acids is 2. The summed E-state index contributed by atoms with van der Waals surface area (Å²) in [7, 11) is 0.940. The van der Waals surface area contributed by atoms with Gasteiger partial charge in [-0.25, -0.2) is 14.8 Å². The van der Waals surface area contributed by atoms with E-state index in [1.165, 1.54) is 12.4 Å². The minimum absolute atomic E-state index is 0.333. The molecule has 0 saturated carbocycles. The highest BCUT2D eigenvalue weighted by Crippen LogP contribution is 2.35. The third kappa shape index (κ3) is 2.17. The Balaban J connectivity index is 2.42. The summed E-state index contributed by atoms with van der Waals surface area (Å²) in [5, 5.41) is 3.42. The summed E-state index contributed by atoms with van der Waals surface area (Å²) in [5.41, 5.74) is -3.27. The number of carbonyl (C=O) groups is 2. The van der Waals surface area contributed by atoms with Crippen molar-refractivity contribution >= 4 is 33.8 Å². The standard InChI is InChI=1S/C9H7BrF3N5O2/c1-18-5(19)8(9(11,12)13,17-7(18)20)16-6-14-2-4(10)3-15-6/h2-3H,1H3,(H,17,20)(H,14,15,16)/t8-/m0/s1. The lowest BCUT2D eigenvalue weighted by molar-refractivity contribution is -0.188. The van der Waals surface area contributed by atoms with E-state index >= 15 is 0 Å². The second-order valence-electron chi connectivity index (χ2n) is 3.89. The van der Waals surface area contributed by atoms with Gasteiger partial charge in [-0.3, -0.25) is 15.0 Å². The number of aromatic nitrogens is 2. The van der Waals surface area contributed by atoms with Crippen LogP contribution in [0.3, 0.4) is 0 Å². The van der Waals surface area contributed by atoms with Crippen molar-refractivity contribution < 1.29 is 22.8 Å². The van der Waals surface area contributed by atoms with E-state index < -0.39 is 29.7 Å². The molecule has 2 N–H and O–H groups in total. The van der Waals surface area contributed by atoms with E-state index in [0.717, 1.165) is 7.05 Å². The van der Waals surface area contributed by atoms with E-state index in [-0.39, 0.29) is 0 Å². The van der Waals surface area contributed by atoms with Crippen molar-refractivity contribution in [2.75, 3.05) is 12.4 Å². The molecule has 1 aliphatic heterocycles. The smallest absolute Gasteiger partial charge is 0.316 e. The van der Waals surface area contributed by atoms with Crippen molar-refractivity contribution in [3.05, 3.63) is 16.9 Å². The van der Waals surface area contributed by atoms with Crippen molar-refractivity contribution in [3.8, 4) is 0 Å². The van der Waals surface area contributed by atoms with Crippen LogP contribution in [0.5, 0.6) is 0 Å². The number of amides is 3. The van der Waals surface area contributed by atoms with Gasteiger partial charge >= 0.3 is 12.2 Å². The average Bonchev–Trinajstić information content (AvgIpc) is 2.57. The fourth-order valence-corrected chi connectivity index (χ4v) is 1.74. The van der Waals surface area contributed by atoms with E-state index in [2.05, 4.69) is 25.9 Å². The molecule has 11 heteroatoms. The number of nitrogens with zero attached hydrogens (tertiary/aromatic N) is 3. The van der Waals surface area contributed by atoms with Crippen LogP contribution in [-0.4, -0.2) is 45.7 Å². The minimum Gasteiger partial charge on any atom is -0.316 e. The van der Waals surface area contributed by atoms with E-state index in [4.69, 9.17) is 0 Å². The molecule has 0 aromatic carbocycles. The molecule has 1 saturated heterocycles. The van der Waals surface area contributed by atoms with Gasteiger partial charge in [0.15, 0.2) is 0 Å². The molecule has 3 amide bonds. The largest absolute Gasteiger partial charge is 0.440 e. The summed E-state index contributed by atoms with van der Waals surface area (Å²) in [6.07, 6.45) is -2.67. The molecule has 108 valence electrons. The molecule has 1 atom stereocenters. The Morgan fingerprint density at radius 2 is 1.90 bits per heavy atom. The van der Waals surface area contributed by atoms with Crippen molar-refractivity contribution in [3.63, 3.8) is 0 Å². The van der Waals surface area contributed by atoms with Gasteiger partial charge in [-0.1, -0.05) is 0 Å². The lowest BCUT2D eigenvalue weighted by Crippen LogP contribution is -2.64. The zero-order valence-electron chi connectivity index (χ0n) is 9.82. The Labute approximate surface area is 118 Å². The summed E-state index contributed by atoms with van der Waals surface area (Å²) in [6.45, 7) is 0. The van der Waals surface area contributed by atoms with E-state index in [1.807, 2.05) is 5.32 Å². The van der Waals surface area contributed by atoms with Gasteiger partial charge in [-0.15, -0.1) is 0 Å². The van der Waals surface area contributed by atoms with Gasteiger partial charge in [0.2, 0.25) is 5.95 Å². The summed E-state index contributed by atoms with van der Waals surface area (Å²) < 4.78 is 40.0. The number of rotatable bonds is 2. The zero-order valence-corrected chi connectivity index (χ0v) is 11.4. The van der Waals surface area contributed by atoms with Crippen LogP contribution in [0.15, 0.2) is 16.9 Å². The molecule has 7 nitrogen and oxygen atoms in total. The predicted molar refractivity (Wildman–Crippen MR) is 63.4 cm³/mol. The van der Waals surface area contributed by atoms with Crippen LogP contribution in [0.4, 0.5) is 23.9 Å². The van der Waals surface area contributed by atoms with Gasteiger partial charge in [0.05, 0.1) is 4.47 Å². The third-order valence-corrected chi connectivity index (χ3v) is 2.98. The highest BCUT2D eigenvalue weighted by Gasteiger charge is 2.67. The lowest BCUT2D eigenvalue weighted by Gasteiger charge is -2.29. The molecule has 1 aromatic rings.